The highest BCUT2D eigenvalue weighted by atomic mass is 14.7. The predicted octanol–water partition coefficient (Wildman–Crippen LogP) is 9.07. The molecule has 6 rings (SSSR count). The van der Waals surface area contributed by atoms with E-state index in [9.17, 15) is 0 Å². The van der Waals surface area contributed by atoms with E-state index in [2.05, 4.69) is 110 Å². The molecule has 0 spiro atoms. The van der Waals surface area contributed by atoms with Crippen molar-refractivity contribution in [1.29, 1.82) is 0 Å². The Labute approximate surface area is 196 Å². The lowest BCUT2D eigenvalue weighted by molar-refractivity contribution is 0.328. The number of H-pyrrole nitrogens is 1. The Balaban J connectivity index is 1.77. The highest BCUT2D eigenvalue weighted by Crippen LogP contribution is 2.54. The van der Waals surface area contributed by atoms with Gasteiger partial charge in [-0.3, -0.25) is 0 Å². The van der Waals surface area contributed by atoms with E-state index in [4.69, 9.17) is 0 Å². The summed E-state index contributed by atoms with van der Waals surface area (Å²) < 4.78 is 0. The van der Waals surface area contributed by atoms with E-state index in [0.29, 0.717) is 5.92 Å². The van der Waals surface area contributed by atoms with Crippen molar-refractivity contribution in [3.8, 4) is 33.5 Å². The molecule has 1 heterocycles. The Morgan fingerprint density at radius 3 is 1.82 bits per heavy atom. The van der Waals surface area contributed by atoms with Gasteiger partial charge in [-0.2, -0.15) is 0 Å². The zero-order chi connectivity index (χ0) is 22.4. The molecule has 0 radical (unpaired) electrons. The molecule has 0 amide bonds. The summed E-state index contributed by atoms with van der Waals surface area (Å²) >= 11 is 0. The van der Waals surface area contributed by atoms with Crippen LogP contribution in [0.3, 0.4) is 0 Å². The summed E-state index contributed by atoms with van der Waals surface area (Å²) in [4.78, 5) is 3.70. The molecule has 33 heavy (non-hydrogen) atoms. The van der Waals surface area contributed by atoms with Gasteiger partial charge in [0.25, 0.3) is 0 Å². The van der Waals surface area contributed by atoms with Crippen LogP contribution in [-0.4, -0.2) is 4.98 Å². The molecular formula is C32H31N. The van der Waals surface area contributed by atoms with Crippen LogP contribution in [0, 0.1) is 5.92 Å². The molecule has 1 saturated carbocycles. The first kappa shape index (κ1) is 20.3. The molecule has 1 nitrogen and oxygen atoms in total. The maximum Gasteiger partial charge on any atom is 0.0504 e. The van der Waals surface area contributed by atoms with Crippen LogP contribution in [-0.2, 0) is 5.41 Å². The molecule has 3 aromatic carbocycles. The Morgan fingerprint density at radius 1 is 0.636 bits per heavy atom. The third kappa shape index (κ3) is 3.22. The minimum atomic E-state index is 0.0905. The minimum Gasteiger partial charge on any atom is -0.361 e. The molecule has 3 aromatic rings. The van der Waals surface area contributed by atoms with Gasteiger partial charge in [0.15, 0.2) is 0 Å². The lowest BCUT2D eigenvalue weighted by Crippen LogP contribution is -2.27. The Kier molecular flexibility index (Phi) is 4.87. The van der Waals surface area contributed by atoms with Crippen LogP contribution >= 0.6 is 0 Å². The molecule has 0 unspecified atom stereocenters. The van der Waals surface area contributed by atoms with Crippen molar-refractivity contribution >= 4 is 10.8 Å². The molecule has 2 aliphatic carbocycles. The van der Waals surface area contributed by atoms with Gasteiger partial charge in [-0.25, -0.2) is 0 Å². The average Bonchev–Trinajstić information content (AvgIpc) is 3.52. The van der Waals surface area contributed by atoms with Crippen molar-refractivity contribution in [1.82, 2.24) is 4.98 Å². The molecule has 3 aliphatic rings. The molecule has 1 N–H and O–H groups in total. The average molecular weight is 430 g/mol. The van der Waals surface area contributed by atoms with Gasteiger partial charge in [0.2, 0.25) is 0 Å². The smallest absolute Gasteiger partial charge is 0.0504 e. The second-order valence-corrected chi connectivity index (χ2v) is 10.2. The van der Waals surface area contributed by atoms with Crippen molar-refractivity contribution in [2.75, 3.05) is 0 Å². The van der Waals surface area contributed by atoms with Gasteiger partial charge in [0.1, 0.15) is 0 Å². The van der Waals surface area contributed by atoms with Crippen molar-refractivity contribution < 1.29 is 0 Å². The maximum absolute atomic E-state index is 3.70. The summed E-state index contributed by atoms with van der Waals surface area (Å²) in [6.45, 7) is 4.98. The number of pyridine rings is 1. The van der Waals surface area contributed by atoms with Crippen molar-refractivity contribution in [2.24, 2.45) is 5.92 Å². The lowest BCUT2D eigenvalue weighted by atomic mass is 9.71. The van der Waals surface area contributed by atoms with Crippen LogP contribution < -0.4 is 0 Å². The summed E-state index contributed by atoms with van der Waals surface area (Å²) in [5, 5.41) is 2.81. The van der Waals surface area contributed by atoms with Gasteiger partial charge in [0, 0.05) is 11.8 Å². The standard InChI is InChI=1S/C32H31N/c1-32(2,24-16-9-10-17-24)30-29-26(23-14-7-4-8-15-23)20-19-25(22-12-5-3-6-13-22)28(29)27-18-11-21-33-31(27)30/h3-8,11-15,18-21,24,33H,9-10,16-17H2,1-2H3. The van der Waals surface area contributed by atoms with Crippen LogP contribution in [0.2, 0.25) is 0 Å². The third-order valence-electron chi connectivity index (χ3n) is 8.02. The normalized spacial score (nSPS) is 15.0. The zero-order valence-electron chi connectivity index (χ0n) is 19.6. The molecule has 1 heteroatoms. The minimum absolute atomic E-state index is 0.0905. The second-order valence-electron chi connectivity index (χ2n) is 10.2. The van der Waals surface area contributed by atoms with Crippen LogP contribution in [0.1, 0.15) is 45.1 Å². The van der Waals surface area contributed by atoms with Gasteiger partial charge in [-0.1, -0.05) is 106 Å². The van der Waals surface area contributed by atoms with E-state index in [1.54, 1.807) is 0 Å². The van der Waals surface area contributed by atoms with Crippen LogP contribution in [0.4, 0.5) is 0 Å². The SMILES string of the molecule is CC(C)(c1c2[nH]cccc-2c2c(-c3ccccc3)ccc(-c3ccccc3)c12)C1CCCC1. The molecule has 1 aliphatic heterocycles. The van der Waals surface area contributed by atoms with Gasteiger partial charge in [-0.05, 0) is 68.8 Å². The number of hydrogen-bond acceptors (Lipinski definition) is 0. The highest BCUT2D eigenvalue weighted by Gasteiger charge is 2.39. The number of hydrogen-bond donors (Lipinski definition) is 1. The molecule has 0 aromatic heterocycles. The lowest BCUT2D eigenvalue weighted by Gasteiger charge is -2.33. The predicted molar refractivity (Wildman–Crippen MR) is 141 cm³/mol. The Hall–Kier alpha value is -3.32. The van der Waals surface area contributed by atoms with E-state index in [1.807, 2.05) is 0 Å². The van der Waals surface area contributed by atoms with E-state index in [1.165, 1.54) is 75.5 Å². The van der Waals surface area contributed by atoms with E-state index >= 15 is 0 Å². The van der Waals surface area contributed by atoms with Gasteiger partial charge in [-0.15, -0.1) is 0 Å². The molecular weight excluding hydrogens is 398 g/mol. The van der Waals surface area contributed by atoms with Crippen molar-refractivity contribution in [3.05, 3.63) is 96.7 Å². The monoisotopic (exact) mass is 429 g/mol. The Bertz CT molecular complexity index is 1370. The molecule has 0 saturated heterocycles. The largest absolute Gasteiger partial charge is 0.361 e. The molecule has 1 fully saturated rings. The van der Waals surface area contributed by atoms with E-state index < -0.39 is 0 Å². The first-order chi connectivity index (χ1) is 16.2. The van der Waals surface area contributed by atoms with Crippen LogP contribution in [0.25, 0.3) is 44.3 Å². The summed E-state index contributed by atoms with van der Waals surface area (Å²) in [6, 6.07) is 30.9. The number of rotatable bonds is 4. The maximum atomic E-state index is 3.70. The highest BCUT2D eigenvalue weighted by molar-refractivity contribution is 6.17. The van der Waals surface area contributed by atoms with Crippen LogP contribution in [0.15, 0.2) is 91.1 Å². The van der Waals surface area contributed by atoms with Gasteiger partial charge in [0.05, 0.1) is 5.69 Å². The summed E-state index contributed by atoms with van der Waals surface area (Å²) in [5.74, 6) is 0.712. The quantitative estimate of drug-likeness (QED) is 0.293. The summed E-state index contributed by atoms with van der Waals surface area (Å²) in [5.41, 5.74) is 9.47. The number of nitrogens with one attached hydrogen (secondary N) is 1. The fourth-order valence-electron chi connectivity index (χ4n) is 6.33. The van der Waals surface area contributed by atoms with E-state index in [0.717, 1.165) is 0 Å². The molecule has 164 valence electrons. The molecule has 0 atom stereocenters. The third-order valence-corrected chi connectivity index (χ3v) is 8.02. The fraction of sp³-hybridized carbons (Fsp3) is 0.250. The number of aromatic amines is 1. The first-order valence-electron chi connectivity index (χ1n) is 12.3. The summed E-state index contributed by atoms with van der Waals surface area (Å²) in [6.07, 6.45) is 7.46. The summed E-state index contributed by atoms with van der Waals surface area (Å²) in [7, 11) is 0. The fourth-order valence-corrected chi connectivity index (χ4v) is 6.33. The topological polar surface area (TPSA) is 15.8 Å². The second kappa shape index (κ2) is 7.92. The number of benzene rings is 3. The van der Waals surface area contributed by atoms with Gasteiger partial charge >= 0.3 is 0 Å². The van der Waals surface area contributed by atoms with Gasteiger partial charge < -0.3 is 4.98 Å². The Morgan fingerprint density at radius 2 is 1.21 bits per heavy atom. The van der Waals surface area contributed by atoms with E-state index in [-0.39, 0.29) is 5.41 Å². The molecule has 0 bridgehead atoms. The first-order valence-corrected chi connectivity index (χ1v) is 12.3. The van der Waals surface area contributed by atoms with Crippen molar-refractivity contribution in [2.45, 2.75) is 44.9 Å². The number of fused-ring (bicyclic) bond motifs is 3. The van der Waals surface area contributed by atoms with Crippen molar-refractivity contribution in [3.63, 3.8) is 0 Å². The zero-order valence-corrected chi connectivity index (χ0v) is 19.6. The van der Waals surface area contributed by atoms with Crippen LogP contribution in [0.5, 0.6) is 0 Å². The number of aromatic nitrogens is 1.